The third kappa shape index (κ3) is 2.92. The zero-order valence-electron chi connectivity index (χ0n) is 9.02. The number of nitrogens with two attached hydrogens (primary N) is 1. The average molecular weight is 230 g/mol. The molecule has 0 aromatic heterocycles. The molecule has 0 unspecified atom stereocenters. The number of halogens is 1. The van der Waals surface area contributed by atoms with E-state index in [0.717, 1.165) is 11.3 Å². The van der Waals surface area contributed by atoms with Gasteiger partial charge in [-0.15, -0.1) is 0 Å². The fraction of sp³-hybridized carbons (Fsp3) is 0.400. The summed E-state index contributed by atoms with van der Waals surface area (Å²) in [5.74, 6) is 0.756. The number of hydrogen-bond acceptors (Lipinski definition) is 2. The topological polar surface area (TPSA) is 35.2 Å². The molecule has 0 heterocycles. The van der Waals surface area contributed by atoms with Crippen molar-refractivity contribution in [1.29, 1.82) is 0 Å². The molecule has 0 radical (unpaired) electrons. The predicted molar refractivity (Wildman–Crippen MR) is 64.6 cm³/mol. The summed E-state index contributed by atoms with van der Waals surface area (Å²) in [5, 5.41) is 0.686. The summed E-state index contributed by atoms with van der Waals surface area (Å²) >= 11 is 5.93. The quantitative estimate of drug-likeness (QED) is 0.623. The lowest BCUT2D eigenvalue weighted by Crippen LogP contribution is -2.29. The molecule has 0 aliphatic heterocycles. The molecule has 1 aromatic rings. The van der Waals surface area contributed by atoms with Gasteiger partial charge in [0.2, 0.25) is 8.32 Å². The molecule has 1 aromatic carbocycles. The van der Waals surface area contributed by atoms with Gasteiger partial charge in [-0.25, -0.2) is 0 Å². The highest BCUT2D eigenvalue weighted by Crippen LogP contribution is 2.30. The Labute approximate surface area is 91.2 Å². The van der Waals surface area contributed by atoms with E-state index in [1.54, 1.807) is 6.07 Å². The molecule has 1 rings (SSSR count). The molecule has 0 aliphatic carbocycles. The molecule has 0 aliphatic rings. The Balaban J connectivity index is 3.04. The molecule has 0 fully saturated rings. The fourth-order valence-corrected chi connectivity index (χ4v) is 2.10. The normalized spacial score (nSPS) is 11.5. The molecule has 0 saturated heterocycles. The number of aryl methyl sites for hydroxylation is 1. The summed E-state index contributed by atoms with van der Waals surface area (Å²) in [5.41, 5.74) is 7.42. The SMILES string of the molecule is Cc1cc(O[Si](C)(C)C)c(N)cc1Cl. The zero-order valence-corrected chi connectivity index (χ0v) is 10.8. The molecule has 0 atom stereocenters. The highest BCUT2D eigenvalue weighted by Gasteiger charge is 2.18. The molecule has 78 valence electrons. The zero-order chi connectivity index (χ0) is 10.9. The van der Waals surface area contributed by atoms with E-state index in [1.165, 1.54) is 0 Å². The molecule has 0 saturated carbocycles. The van der Waals surface area contributed by atoms with E-state index in [2.05, 4.69) is 19.6 Å². The standard InChI is InChI=1S/C10H16ClNOSi/c1-7-5-10(13-14(2,3)4)9(12)6-8(7)11/h5-6H,12H2,1-4H3. The lowest BCUT2D eigenvalue weighted by molar-refractivity contribution is 0.560. The van der Waals surface area contributed by atoms with Gasteiger partial charge in [-0.1, -0.05) is 11.6 Å². The minimum absolute atomic E-state index is 0.614. The van der Waals surface area contributed by atoms with Gasteiger partial charge in [0.05, 0.1) is 5.69 Å². The Kier molecular flexibility index (Phi) is 3.12. The van der Waals surface area contributed by atoms with Gasteiger partial charge in [0, 0.05) is 5.02 Å². The van der Waals surface area contributed by atoms with Crippen LogP contribution in [-0.4, -0.2) is 8.32 Å². The number of nitrogen functional groups attached to an aromatic ring is 1. The maximum atomic E-state index is 5.93. The van der Waals surface area contributed by atoms with Crippen LogP contribution in [0, 0.1) is 6.92 Å². The average Bonchev–Trinajstić information content (AvgIpc) is 1.97. The van der Waals surface area contributed by atoms with Crippen molar-refractivity contribution in [2.45, 2.75) is 26.6 Å². The predicted octanol–water partition coefficient (Wildman–Crippen LogP) is 3.44. The van der Waals surface area contributed by atoms with E-state index in [4.69, 9.17) is 21.8 Å². The summed E-state index contributed by atoms with van der Waals surface area (Å²) < 4.78 is 5.82. The molecule has 0 amide bonds. The van der Waals surface area contributed by atoms with Crippen LogP contribution in [0.1, 0.15) is 5.56 Å². The van der Waals surface area contributed by atoms with Crippen molar-refractivity contribution in [3.8, 4) is 5.75 Å². The molecule has 4 heteroatoms. The van der Waals surface area contributed by atoms with Gasteiger partial charge in [0.1, 0.15) is 5.75 Å². The van der Waals surface area contributed by atoms with Crippen LogP contribution >= 0.6 is 11.6 Å². The molecular weight excluding hydrogens is 214 g/mol. The van der Waals surface area contributed by atoms with Crippen molar-refractivity contribution >= 4 is 25.6 Å². The monoisotopic (exact) mass is 229 g/mol. The van der Waals surface area contributed by atoms with E-state index in [0.29, 0.717) is 10.7 Å². The number of anilines is 1. The van der Waals surface area contributed by atoms with E-state index >= 15 is 0 Å². The third-order valence-electron chi connectivity index (χ3n) is 1.71. The second-order valence-electron chi connectivity index (χ2n) is 4.35. The maximum Gasteiger partial charge on any atom is 0.242 e. The van der Waals surface area contributed by atoms with Crippen molar-refractivity contribution < 1.29 is 4.43 Å². The van der Waals surface area contributed by atoms with Gasteiger partial charge in [0.25, 0.3) is 0 Å². The lowest BCUT2D eigenvalue weighted by atomic mass is 10.2. The van der Waals surface area contributed by atoms with Gasteiger partial charge in [0.15, 0.2) is 0 Å². The van der Waals surface area contributed by atoms with Crippen LogP contribution < -0.4 is 10.2 Å². The second kappa shape index (κ2) is 3.83. The highest BCUT2D eigenvalue weighted by atomic mass is 35.5. The van der Waals surface area contributed by atoms with Gasteiger partial charge >= 0.3 is 0 Å². The smallest absolute Gasteiger partial charge is 0.242 e. The number of hydrogen-bond donors (Lipinski definition) is 1. The Morgan fingerprint density at radius 2 is 1.86 bits per heavy atom. The maximum absolute atomic E-state index is 5.93. The Morgan fingerprint density at radius 1 is 1.29 bits per heavy atom. The van der Waals surface area contributed by atoms with E-state index in [9.17, 15) is 0 Å². The number of benzene rings is 1. The fourth-order valence-electron chi connectivity index (χ4n) is 1.09. The Bertz CT molecular complexity index is 347. The van der Waals surface area contributed by atoms with E-state index in [1.807, 2.05) is 13.0 Å². The summed E-state index contributed by atoms with van der Waals surface area (Å²) in [4.78, 5) is 0. The molecule has 0 spiro atoms. The summed E-state index contributed by atoms with van der Waals surface area (Å²) in [7, 11) is -1.59. The van der Waals surface area contributed by atoms with Crippen LogP contribution in [0.4, 0.5) is 5.69 Å². The van der Waals surface area contributed by atoms with Crippen molar-refractivity contribution in [3.05, 3.63) is 22.7 Å². The van der Waals surface area contributed by atoms with Crippen LogP contribution in [0.5, 0.6) is 5.75 Å². The Morgan fingerprint density at radius 3 is 2.36 bits per heavy atom. The van der Waals surface area contributed by atoms with Crippen LogP contribution in [0.3, 0.4) is 0 Å². The summed E-state index contributed by atoms with van der Waals surface area (Å²) in [6, 6.07) is 3.64. The first kappa shape index (κ1) is 11.4. The van der Waals surface area contributed by atoms with Crippen LogP contribution in [0.2, 0.25) is 24.7 Å². The van der Waals surface area contributed by atoms with Crippen LogP contribution in [0.25, 0.3) is 0 Å². The first-order valence-corrected chi connectivity index (χ1v) is 8.33. The van der Waals surface area contributed by atoms with Crippen LogP contribution in [-0.2, 0) is 0 Å². The van der Waals surface area contributed by atoms with E-state index < -0.39 is 8.32 Å². The largest absolute Gasteiger partial charge is 0.543 e. The van der Waals surface area contributed by atoms with Gasteiger partial charge in [-0.05, 0) is 44.3 Å². The highest BCUT2D eigenvalue weighted by molar-refractivity contribution is 6.70. The van der Waals surface area contributed by atoms with Crippen LogP contribution in [0.15, 0.2) is 12.1 Å². The van der Waals surface area contributed by atoms with Crippen molar-refractivity contribution in [3.63, 3.8) is 0 Å². The molecule has 0 bridgehead atoms. The minimum Gasteiger partial charge on any atom is -0.543 e. The minimum atomic E-state index is -1.59. The van der Waals surface area contributed by atoms with Gasteiger partial charge in [-0.2, -0.15) is 0 Å². The van der Waals surface area contributed by atoms with Crippen molar-refractivity contribution in [2.24, 2.45) is 0 Å². The first-order chi connectivity index (χ1) is 6.29. The number of rotatable bonds is 2. The molecule has 2 nitrogen and oxygen atoms in total. The molecule has 2 N–H and O–H groups in total. The Hall–Kier alpha value is -0.673. The molecular formula is C10H16ClNOSi. The molecule has 14 heavy (non-hydrogen) atoms. The lowest BCUT2D eigenvalue weighted by Gasteiger charge is -2.21. The van der Waals surface area contributed by atoms with Crippen molar-refractivity contribution in [2.75, 3.05) is 5.73 Å². The second-order valence-corrected chi connectivity index (χ2v) is 9.19. The van der Waals surface area contributed by atoms with Gasteiger partial charge in [-0.3, -0.25) is 0 Å². The van der Waals surface area contributed by atoms with Gasteiger partial charge < -0.3 is 10.2 Å². The first-order valence-electron chi connectivity index (χ1n) is 4.54. The van der Waals surface area contributed by atoms with E-state index in [-0.39, 0.29) is 0 Å². The third-order valence-corrected chi connectivity index (χ3v) is 2.95. The van der Waals surface area contributed by atoms with Crippen molar-refractivity contribution in [1.82, 2.24) is 0 Å². The summed E-state index contributed by atoms with van der Waals surface area (Å²) in [6.07, 6.45) is 0. The summed E-state index contributed by atoms with van der Waals surface area (Å²) in [6.45, 7) is 8.31.